The van der Waals surface area contributed by atoms with Gasteiger partial charge in [-0.15, -0.1) is 0 Å². The molecule has 16 rings (SSSR count). The number of anilines is 3. The minimum absolute atomic E-state index is 0.0777. The Morgan fingerprint density at radius 3 is 1.65 bits per heavy atom. The Bertz CT molecular complexity index is 3550. The third kappa shape index (κ3) is 4.73. The Kier molecular flexibility index (Phi) is 7.30. The molecule has 66 heavy (non-hydrogen) atoms. The van der Waals surface area contributed by atoms with Crippen molar-refractivity contribution in [3.8, 4) is 44.5 Å². The van der Waals surface area contributed by atoms with Crippen molar-refractivity contribution in [2.75, 3.05) is 4.90 Å². The van der Waals surface area contributed by atoms with Crippen LogP contribution in [-0.4, -0.2) is 0 Å². The first-order valence-corrected chi connectivity index (χ1v) is 24.7. The number of para-hydroxylation sites is 1. The molecule has 0 atom stereocenters. The lowest BCUT2D eigenvalue weighted by molar-refractivity contribution is -0.0399. The maximum absolute atomic E-state index is 6.69. The second-order valence-corrected chi connectivity index (χ2v) is 22.1. The van der Waals surface area contributed by atoms with Crippen molar-refractivity contribution in [1.29, 1.82) is 0 Å². The fourth-order valence-electron chi connectivity index (χ4n) is 15.6. The maximum Gasteiger partial charge on any atom is 0.137 e. The molecule has 4 fully saturated rings. The van der Waals surface area contributed by atoms with Gasteiger partial charge in [0.25, 0.3) is 0 Å². The highest BCUT2D eigenvalue weighted by Gasteiger charge is 2.61. The van der Waals surface area contributed by atoms with Crippen LogP contribution in [0.4, 0.5) is 17.1 Å². The lowest BCUT2D eigenvalue weighted by Crippen LogP contribution is -2.55. The maximum atomic E-state index is 6.69. The van der Waals surface area contributed by atoms with Gasteiger partial charge in [0.05, 0.1) is 5.69 Å². The van der Waals surface area contributed by atoms with Gasteiger partial charge in [-0.3, -0.25) is 0 Å². The highest BCUT2D eigenvalue weighted by molar-refractivity contribution is 6.07. The van der Waals surface area contributed by atoms with Crippen LogP contribution in [0.15, 0.2) is 168 Å². The van der Waals surface area contributed by atoms with Gasteiger partial charge >= 0.3 is 0 Å². The van der Waals surface area contributed by atoms with Crippen molar-refractivity contribution in [2.24, 2.45) is 23.7 Å². The Morgan fingerprint density at radius 1 is 0.394 bits per heavy atom. The van der Waals surface area contributed by atoms with Gasteiger partial charge in [0.1, 0.15) is 11.2 Å². The molecular weight excluding hydrogens is 799 g/mol. The summed E-state index contributed by atoms with van der Waals surface area (Å²) in [6, 6.07) is 63.1. The van der Waals surface area contributed by atoms with E-state index in [0.717, 1.165) is 45.1 Å². The molecule has 7 aliphatic carbocycles. The van der Waals surface area contributed by atoms with Crippen molar-refractivity contribution in [2.45, 2.75) is 76.0 Å². The minimum atomic E-state index is -0.157. The Morgan fingerprint density at radius 2 is 0.924 bits per heavy atom. The van der Waals surface area contributed by atoms with E-state index < -0.39 is 0 Å². The van der Waals surface area contributed by atoms with E-state index in [1.807, 2.05) is 0 Å². The normalized spacial score (nSPS) is 23.8. The van der Waals surface area contributed by atoms with Crippen LogP contribution in [-0.2, 0) is 16.2 Å². The summed E-state index contributed by atoms with van der Waals surface area (Å²) in [7, 11) is 0. The average Bonchev–Trinajstić information content (AvgIpc) is 3.99. The molecule has 2 nitrogen and oxygen atoms in total. The predicted octanol–water partition coefficient (Wildman–Crippen LogP) is 17.1. The van der Waals surface area contributed by atoms with Crippen LogP contribution in [0.5, 0.6) is 0 Å². The van der Waals surface area contributed by atoms with E-state index in [9.17, 15) is 0 Å². The molecule has 320 valence electrons. The molecule has 0 radical (unpaired) electrons. The SMILES string of the molecule is CC1(C)c2ccccc2-c2ccc(N(c3ccc4c(c3)oc3ccccc34)c3cc4c(cc3-c3ccc5c(c3)C3(c6ccccc6-5)C5CC6CC(C5)CC3C6)C(C)(C)c3ccccc3-4)cc21. The summed E-state index contributed by atoms with van der Waals surface area (Å²) in [6.45, 7) is 9.65. The number of hydrogen-bond acceptors (Lipinski definition) is 2. The van der Waals surface area contributed by atoms with Gasteiger partial charge in [0, 0.05) is 50.0 Å². The van der Waals surface area contributed by atoms with E-state index in [1.54, 1.807) is 11.1 Å². The standard InChI is InChI=1S/C64H53NO/c1-62(2)53-17-9-5-13-44(53)47-25-22-42(33-56(47)62)65(43-23-26-50-49-16-8-12-20-60(49)66-61(50)34-43)59-36-52-46-15-6-10-18-54(46)63(3,4)57(52)35-51(59)39-21-24-48-45-14-7-11-19-55(45)64(58(48)32-39)40-28-37-27-38(30-40)31-41(64)29-37/h5-26,32-38,40-41H,27-31H2,1-4H3. The monoisotopic (exact) mass is 851 g/mol. The van der Waals surface area contributed by atoms with Gasteiger partial charge in [-0.25, -0.2) is 0 Å². The molecule has 7 aliphatic rings. The number of fused-ring (bicyclic) bond motifs is 12. The molecule has 1 aromatic heterocycles. The fraction of sp³-hybridized carbons (Fsp3) is 0.250. The van der Waals surface area contributed by atoms with Gasteiger partial charge in [0.2, 0.25) is 0 Å². The van der Waals surface area contributed by atoms with Crippen LogP contribution < -0.4 is 4.90 Å². The number of rotatable bonds is 4. The van der Waals surface area contributed by atoms with Crippen LogP contribution in [0.25, 0.3) is 66.4 Å². The molecule has 0 saturated heterocycles. The Hall–Kier alpha value is -6.64. The van der Waals surface area contributed by atoms with Crippen LogP contribution >= 0.6 is 0 Å². The first-order chi connectivity index (χ1) is 32.2. The van der Waals surface area contributed by atoms with Gasteiger partial charge < -0.3 is 9.32 Å². The molecule has 0 N–H and O–H groups in total. The summed E-state index contributed by atoms with van der Waals surface area (Å²) in [4.78, 5) is 2.57. The quantitative estimate of drug-likeness (QED) is 0.175. The minimum Gasteiger partial charge on any atom is -0.456 e. The smallest absolute Gasteiger partial charge is 0.137 e. The van der Waals surface area contributed by atoms with E-state index in [-0.39, 0.29) is 16.2 Å². The first kappa shape index (κ1) is 37.6. The Balaban J connectivity index is 1.01. The highest BCUT2D eigenvalue weighted by atomic mass is 16.3. The molecule has 0 aliphatic heterocycles. The molecule has 4 saturated carbocycles. The number of hydrogen-bond donors (Lipinski definition) is 0. The summed E-state index contributed by atoms with van der Waals surface area (Å²) in [5, 5.41) is 2.29. The second-order valence-electron chi connectivity index (χ2n) is 22.1. The average molecular weight is 852 g/mol. The van der Waals surface area contributed by atoms with Crippen molar-refractivity contribution in [1.82, 2.24) is 0 Å². The number of nitrogens with zero attached hydrogens (tertiary/aromatic N) is 1. The van der Waals surface area contributed by atoms with Crippen molar-refractivity contribution in [3.63, 3.8) is 0 Å². The van der Waals surface area contributed by atoms with Crippen molar-refractivity contribution in [3.05, 3.63) is 197 Å². The zero-order chi connectivity index (χ0) is 43.8. The van der Waals surface area contributed by atoms with Gasteiger partial charge in [-0.2, -0.15) is 0 Å². The Labute approximate surface area is 387 Å². The second kappa shape index (κ2) is 12.8. The molecular formula is C64H53NO. The molecule has 2 heteroatoms. The van der Waals surface area contributed by atoms with E-state index >= 15 is 0 Å². The van der Waals surface area contributed by atoms with Crippen LogP contribution in [0, 0.1) is 23.7 Å². The molecule has 0 unspecified atom stereocenters. The summed E-state index contributed by atoms with van der Waals surface area (Å²) in [6.07, 6.45) is 6.95. The molecule has 0 amide bonds. The zero-order valence-corrected chi connectivity index (χ0v) is 38.3. The summed E-state index contributed by atoms with van der Waals surface area (Å²) in [5.41, 5.74) is 24.6. The van der Waals surface area contributed by atoms with Gasteiger partial charge in [0.15, 0.2) is 0 Å². The van der Waals surface area contributed by atoms with Crippen molar-refractivity contribution >= 4 is 39.0 Å². The predicted molar refractivity (Wildman–Crippen MR) is 272 cm³/mol. The van der Waals surface area contributed by atoms with Crippen LogP contribution in [0.3, 0.4) is 0 Å². The number of furan rings is 1. The lowest BCUT2D eigenvalue weighted by Gasteiger charge is -2.61. The largest absolute Gasteiger partial charge is 0.456 e. The van der Waals surface area contributed by atoms with E-state index in [0.29, 0.717) is 11.8 Å². The summed E-state index contributed by atoms with van der Waals surface area (Å²) < 4.78 is 6.69. The molecule has 1 heterocycles. The first-order valence-electron chi connectivity index (χ1n) is 24.7. The molecule has 8 aromatic carbocycles. The highest BCUT2D eigenvalue weighted by Crippen LogP contribution is 2.70. The zero-order valence-electron chi connectivity index (χ0n) is 38.3. The van der Waals surface area contributed by atoms with Gasteiger partial charge in [-0.05, 0) is 177 Å². The topological polar surface area (TPSA) is 16.4 Å². The number of benzene rings is 8. The van der Waals surface area contributed by atoms with E-state index in [2.05, 4.69) is 196 Å². The van der Waals surface area contributed by atoms with Crippen LogP contribution in [0.1, 0.15) is 93.2 Å². The van der Waals surface area contributed by atoms with Crippen molar-refractivity contribution < 1.29 is 4.42 Å². The van der Waals surface area contributed by atoms with E-state index in [4.69, 9.17) is 4.42 Å². The van der Waals surface area contributed by atoms with Crippen LogP contribution in [0.2, 0.25) is 0 Å². The molecule has 1 spiro atoms. The fourth-order valence-corrected chi connectivity index (χ4v) is 15.6. The summed E-state index contributed by atoms with van der Waals surface area (Å²) in [5.74, 6) is 3.19. The molecule has 9 aromatic rings. The third-order valence-corrected chi connectivity index (χ3v) is 18.3. The molecule has 4 bridgehead atoms. The van der Waals surface area contributed by atoms with Gasteiger partial charge in [-0.1, -0.05) is 137 Å². The lowest BCUT2D eigenvalue weighted by atomic mass is 9.43. The summed E-state index contributed by atoms with van der Waals surface area (Å²) >= 11 is 0. The third-order valence-electron chi connectivity index (χ3n) is 18.3. The van der Waals surface area contributed by atoms with E-state index in [1.165, 1.54) is 105 Å².